The summed E-state index contributed by atoms with van der Waals surface area (Å²) in [5.41, 5.74) is 5.63. The number of carbonyl (C=O) groups excluding carboxylic acids is 1. The monoisotopic (exact) mass is 325 g/mol. The van der Waals surface area contributed by atoms with Crippen molar-refractivity contribution in [3.05, 3.63) is 56.8 Å². The summed E-state index contributed by atoms with van der Waals surface area (Å²) < 4.78 is 1.42. The van der Waals surface area contributed by atoms with Gasteiger partial charge in [0, 0.05) is 11.3 Å². The van der Waals surface area contributed by atoms with Crippen LogP contribution in [0.4, 0.5) is 5.69 Å². The summed E-state index contributed by atoms with van der Waals surface area (Å²) in [6.07, 6.45) is 5.22. The fourth-order valence-electron chi connectivity index (χ4n) is 3.45. The van der Waals surface area contributed by atoms with Gasteiger partial charge in [-0.2, -0.15) is 0 Å². The first-order valence-electron chi connectivity index (χ1n) is 8.40. The van der Waals surface area contributed by atoms with E-state index in [9.17, 15) is 9.59 Å². The molecule has 0 aliphatic heterocycles. The predicted octanol–water partition coefficient (Wildman–Crippen LogP) is 2.69. The standard InChI is InChI=1S/C19H23N3O2/c1-12-8-13(2)18(14(3)9-12)21-17(23)10-22-11-20-16-7-5-4-6-15(16)19(22)24/h8-9,11H,4-7,10H2,1-3H3,(H,21,23). The van der Waals surface area contributed by atoms with Crippen molar-refractivity contribution >= 4 is 11.6 Å². The van der Waals surface area contributed by atoms with Crippen molar-refractivity contribution in [1.29, 1.82) is 0 Å². The van der Waals surface area contributed by atoms with Crippen molar-refractivity contribution in [2.24, 2.45) is 0 Å². The third kappa shape index (κ3) is 3.25. The molecule has 1 aliphatic rings. The molecular formula is C19H23N3O2. The number of carbonyl (C=O) groups is 1. The first-order valence-corrected chi connectivity index (χ1v) is 8.40. The van der Waals surface area contributed by atoms with Crippen LogP contribution in [0.25, 0.3) is 0 Å². The van der Waals surface area contributed by atoms with E-state index < -0.39 is 0 Å². The minimum atomic E-state index is -0.204. The van der Waals surface area contributed by atoms with Crippen molar-refractivity contribution in [2.75, 3.05) is 5.32 Å². The predicted molar refractivity (Wildman–Crippen MR) is 94.4 cm³/mol. The van der Waals surface area contributed by atoms with Crippen LogP contribution in [0.15, 0.2) is 23.3 Å². The normalized spacial score (nSPS) is 13.5. The Morgan fingerprint density at radius 3 is 2.54 bits per heavy atom. The fraction of sp³-hybridized carbons (Fsp3) is 0.421. The van der Waals surface area contributed by atoms with Crippen LogP contribution in [0, 0.1) is 20.8 Å². The molecule has 0 radical (unpaired) electrons. The van der Waals surface area contributed by atoms with E-state index in [0.29, 0.717) is 0 Å². The van der Waals surface area contributed by atoms with Crippen LogP contribution in [0.1, 0.15) is 40.8 Å². The first-order chi connectivity index (χ1) is 11.5. The maximum atomic E-state index is 12.5. The molecular weight excluding hydrogens is 302 g/mol. The van der Waals surface area contributed by atoms with Gasteiger partial charge in [0.2, 0.25) is 5.91 Å². The van der Waals surface area contributed by atoms with Crippen molar-refractivity contribution in [1.82, 2.24) is 9.55 Å². The second-order valence-corrected chi connectivity index (χ2v) is 6.63. The van der Waals surface area contributed by atoms with Crippen molar-refractivity contribution in [3.8, 4) is 0 Å². The number of aryl methyl sites for hydroxylation is 4. The van der Waals surface area contributed by atoms with Gasteiger partial charge in [0.1, 0.15) is 6.54 Å². The van der Waals surface area contributed by atoms with Crippen molar-refractivity contribution < 1.29 is 4.79 Å². The highest BCUT2D eigenvalue weighted by atomic mass is 16.2. The lowest BCUT2D eigenvalue weighted by Gasteiger charge is -2.16. The molecule has 0 saturated carbocycles. The van der Waals surface area contributed by atoms with Crippen molar-refractivity contribution in [3.63, 3.8) is 0 Å². The number of amides is 1. The molecule has 1 aromatic carbocycles. The Hall–Kier alpha value is -2.43. The van der Waals surface area contributed by atoms with Crippen LogP contribution >= 0.6 is 0 Å². The topological polar surface area (TPSA) is 64.0 Å². The number of benzene rings is 1. The van der Waals surface area contributed by atoms with Gasteiger partial charge < -0.3 is 5.32 Å². The minimum Gasteiger partial charge on any atom is -0.324 e. The first kappa shape index (κ1) is 16.4. The Morgan fingerprint density at radius 2 is 1.83 bits per heavy atom. The van der Waals surface area contributed by atoms with Gasteiger partial charge in [-0.25, -0.2) is 4.98 Å². The van der Waals surface area contributed by atoms with Gasteiger partial charge in [-0.1, -0.05) is 17.7 Å². The lowest BCUT2D eigenvalue weighted by atomic mass is 9.97. The van der Waals surface area contributed by atoms with E-state index in [4.69, 9.17) is 0 Å². The van der Waals surface area contributed by atoms with Gasteiger partial charge in [0.05, 0.1) is 12.0 Å². The quantitative estimate of drug-likeness (QED) is 0.943. The van der Waals surface area contributed by atoms with Crippen molar-refractivity contribution in [2.45, 2.75) is 53.0 Å². The molecule has 0 bridgehead atoms. The zero-order valence-corrected chi connectivity index (χ0v) is 14.5. The molecule has 0 unspecified atom stereocenters. The number of hydrogen-bond acceptors (Lipinski definition) is 3. The molecule has 0 saturated heterocycles. The Labute approximate surface area is 141 Å². The number of fused-ring (bicyclic) bond motifs is 1. The summed E-state index contributed by atoms with van der Waals surface area (Å²) in [6, 6.07) is 4.07. The number of anilines is 1. The van der Waals surface area contributed by atoms with Crippen LogP contribution in [0.2, 0.25) is 0 Å². The van der Waals surface area contributed by atoms with Gasteiger partial charge in [-0.3, -0.25) is 14.2 Å². The average Bonchev–Trinajstić information content (AvgIpc) is 2.54. The second kappa shape index (κ2) is 6.59. The Morgan fingerprint density at radius 1 is 1.17 bits per heavy atom. The molecule has 2 aromatic rings. The van der Waals surface area contributed by atoms with E-state index >= 15 is 0 Å². The fourth-order valence-corrected chi connectivity index (χ4v) is 3.45. The molecule has 3 rings (SSSR count). The molecule has 0 fully saturated rings. The van der Waals surface area contributed by atoms with Gasteiger partial charge in [-0.05, 0) is 57.6 Å². The molecule has 5 heteroatoms. The molecule has 5 nitrogen and oxygen atoms in total. The molecule has 1 heterocycles. The van der Waals surface area contributed by atoms with Gasteiger partial charge in [0.25, 0.3) is 5.56 Å². The molecule has 1 aliphatic carbocycles. The summed E-state index contributed by atoms with van der Waals surface area (Å²) in [6.45, 7) is 5.97. The zero-order valence-electron chi connectivity index (χ0n) is 14.5. The summed E-state index contributed by atoms with van der Waals surface area (Å²) >= 11 is 0. The smallest absolute Gasteiger partial charge is 0.257 e. The molecule has 126 valence electrons. The average molecular weight is 325 g/mol. The zero-order chi connectivity index (χ0) is 17.3. The molecule has 0 atom stereocenters. The lowest BCUT2D eigenvalue weighted by molar-refractivity contribution is -0.116. The third-order valence-corrected chi connectivity index (χ3v) is 4.57. The van der Waals surface area contributed by atoms with E-state index in [1.54, 1.807) is 0 Å². The highest BCUT2D eigenvalue weighted by Crippen LogP contribution is 2.22. The van der Waals surface area contributed by atoms with Crippen LogP contribution < -0.4 is 10.9 Å². The molecule has 1 amide bonds. The van der Waals surface area contributed by atoms with E-state index in [2.05, 4.69) is 10.3 Å². The SMILES string of the molecule is Cc1cc(C)c(NC(=O)Cn2cnc3c(c2=O)CCCC3)c(C)c1. The number of rotatable bonds is 3. The highest BCUT2D eigenvalue weighted by Gasteiger charge is 2.17. The maximum Gasteiger partial charge on any atom is 0.257 e. The minimum absolute atomic E-state index is 0.00807. The summed E-state index contributed by atoms with van der Waals surface area (Å²) in [5, 5.41) is 2.94. The molecule has 24 heavy (non-hydrogen) atoms. The van der Waals surface area contributed by atoms with E-state index in [0.717, 1.165) is 59.3 Å². The van der Waals surface area contributed by atoms with E-state index in [-0.39, 0.29) is 18.0 Å². The van der Waals surface area contributed by atoms with E-state index in [1.807, 2.05) is 32.9 Å². The van der Waals surface area contributed by atoms with E-state index in [1.165, 1.54) is 10.9 Å². The molecule has 1 N–H and O–H groups in total. The lowest BCUT2D eigenvalue weighted by Crippen LogP contribution is -2.32. The van der Waals surface area contributed by atoms with Gasteiger partial charge in [-0.15, -0.1) is 0 Å². The van der Waals surface area contributed by atoms with Gasteiger partial charge in [0.15, 0.2) is 0 Å². The Balaban J connectivity index is 1.80. The molecule has 1 aromatic heterocycles. The Bertz CT molecular complexity index is 829. The largest absolute Gasteiger partial charge is 0.324 e. The van der Waals surface area contributed by atoms with Crippen LogP contribution in [-0.2, 0) is 24.2 Å². The number of aromatic nitrogens is 2. The van der Waals surface area contributed by atoms with Crippen LogP contribution in [-0.4, -0.2) is 15.5 Å². The second-order valence-electron chi connectivity index (χ2n) is 6.63. The number of nitrogens with zero attached hydrogens (tertiary/aromatic N) is 2. The highest BCUT2D eigenvalue weighted by molar-refractivity contribution is 5.92. The van der Waals surface area contributed by atoms with Crippen LogP contribution in [0.3, 0.4) is 0 Å². The number of nitrogens with one attached hydrogen (secondary N) is 1. The molecule has 0 spiro atoms. The van der Waals surface area contributed by atoms with Gasteiger partial charge >= 0.3 is 0 Å². The Kier molecular flexibility index (Phi) is 4.51. The van der Waals surface area contributed by atoms with Crippen LogP contribution in [0.5, 0.6) is 0 Å². The maximum absolute atomic E-state index is 12.5. The summed E-state index contributed by atoms with van der Waals surface area (Å²) in [5.74, 6) is -0.204. The number of hydrogen-bond donors (Lipinski definition) is 1. The third-order valence-electron chi connectivity index (χ3n) is 4.57. The summed E-state index contributed by atoms with van der Waals surface area (Å²) in [7, 11) is 0. The summed E-state index contributed by atoms with van der Waals surface area (Å²) in [4.78, 5) is 29.3.